The molecule has 0 saturated heterocycles. The van der Waals surface area contributed by atoms with Crippen molar-refractivity contribution in [3.63, 3.8) is 0 Å². The first kappa shape index (κ1) is 17.3. The van der Waals surface area contributed by atoms with Crippen LogP contribution in [0.5, 0.6) is 0 Å². The van der Waals surface area contributed by atoms with E-state index in [1.165, 1.54) is 31.0 Å². The minimum Gasteiger partial charge on any atom is -0.480 e. The van der Waals surface area contributed by atoms with Gasteiger partial charge in [-0.05, 0) is 25.7 Å². The van der Waals surface area contributed by atoms with Crippen LogP contribution in [-0.4, -0.2) is 45.5 Å². The summed E-state index contributed by atoms with van der Waals surface area (Å²) in [5.74, 6) is -0.413. The molecule has 0 aromatic carbocycles. The highest BCUT2D eigenvalue weighted by molar-refractivity contribution is 8.01. The van der Waals surface area contributed by atoms with E-state index in [4.69, 9.17) is 5.11 Å². The van der Waals surface area contributed by atoms with Crippen molar-refractivity contribution in [2.24, 2.45) is 5.92 Å². The number of hydrogen-bond donors (Lipinski definition) is 1. The number of hydrogen-bond acceptors (Lipinski definition) is 3. The lowest BCUT2D eigenvalue weighted by Crippen LogP contribution is -2.42. The Labute approximate surface area is 126 Å². The molecule has 0 aromatic rings. The van der Waals surface area contributed by atoms with E-state index in [2.05, 4.69) is 0 Å². The predicted octanol–water partition coefficient (Wildman–Crippen LogP) is 3.01. The quantitative estimate of drug-likeness (QED) is 0.785. The molecule has 0 heterocycles. The molecule has 4 nitrogen and oxygen atoms in total. The van der Waals surface area contributed by atoms with Crippen LogP contribution in [0.4, 0.5) is 0 Å². The molecule has 1 amide bonds. The van der Waals surface area contributed by atoms with Gasteiger partial charge in [-0.15, -0.1) is 11.8 Å². The summed E-state index contributed by atoms with van der Waals surface area (Å²) < 4.78 is 0. The SMILES string of the molecule is CCN(C(=O)CSC(C(=O)O)C(C)C)C1CCCCC1. The summed E-state index contributed by atoms with van der Waals surface area (Å²) in [5, 5.41) is 8.66. The third kappa shape index (κ3) is 5.00. The van der Waals surface area contributed by atoms with Gasteiger partial charge in [0.05, 0.1) is 5.75 Å². The van der Waals surface area contributed by atoms with Crippen molar-refractivity contribution in [2.45, 2.75) is 64.2 Å². The van der Waals surface area contributed by atoms with E-state index in [9.17, 15) is 9.59 Å². The van der Waals surface area contributed by atoms with Gasteiger partial charge in [-0.3, -0.25) is 9.59 Å². The summed E-state index contributed by atoms with van der Waals surface area (Å²) in [6, 6.07) is 0.365. The molecule has 0 bridgehead atoms. The van der Waals surface area contributed by atoms with Crippen molar-refractivity contribution in [1.29, 1.82) is 0 Å². The highest BCUT2D eigenvalue weighted by Gasteiger charge is 2.27. The zero-order valence-corrected chi connectivity index (χ0v) is 13.6. The Bertz CT molecular complexity index is 327. The van der Waals surface area contributed by atoms with Gasteiger partial charge in [-0.2, -0.15) is 0 Å². The number of carbonyl (C=O) groups excluding carboxylic acids is 1. The fourth-order valence-corrected chi connectivity index (χ4v) is 3.84. The Morgan fingerprint density at radius 3 is 2.30 bits per heavy atom. The maximum absolute atomic E-state index is 12.3. The molecule has 0 aromatic heterocycles. The summed E-state index contributed by atoms with van der Waals surface area (Å²) in [7, 11) is 0. The highest BCUT2D eigenvalue weighted by Crippen LogP contribution is 2.25. The second kappa shape index (κ2) is 8.55. The van der Waals surface area contributed by atoms with Crippen molar-refractivity contribution >= 4 is 23.6 Å². The zero-order valence-electron chi connectivity index (χ0n) is 12.8. The van der Waals surface area contributed by atoms with Crippen LogP contribution in [0, 0.1) is 5.92 Å². The highest BCUT2D eigenvalue weighted by atomic mass is 32.2. The molecular weight excluding hydrogens is 274 g/mol. The largest absolute Gasteiger partial charge is 0.480 e. The molecule has 1 fully saturated rings. The van der Waals surface area contributed by atoms with Gasteiger partial charge in [0.15, 0.2) is 0 Å². The van der Waals surface area contributed by atoms with E-state index in [0.717, 1.165) is 19.4 Å². The van der Waals surface area contributed by atoms with Crippen LogP contribution in [0.1, 0.15) is 52.9 Å². The van der Waals surface area contributed by atoms with Crippen LogP contribution in [0.25, 0.3) is 0 Å². The van der Waals surface area contributed by atoms with Gasteiger partial charge >= 0.3 is 5.97 Å². The fraction of sp³-hybridized carbons (Fsp3) is 0.867. The molecule has 0 radical (unpaired) electrons. The predicted molar refractivity (Wildman–Crippen MR) is 83.0 cm³/mol. The average Bonchev–Trinajstić information content (AvgIpc) is 2.40. The maximum Gasteiger partial charge on any atom is 0.316 e. The molecule has 116 valence electrons. The number of aliphatic carboxylic acids is 1. The third-order valence-corrected chi connectivity index (χ3v) is 5.43. The smallest absolute Gasteiger partial charge is 0.316 e. The number of carboxylic acid groups (broad SMARTS) is 1. The number of carboxylic acids is 1. The molecule has 1 N–H and O–H groups in total. The van der Waals surface area contributed by atoms with E-state index in [0.29, 0.717) is 6.04 Å². The molecule has 1 rings (SSSR count). The normalized spacial score (nSPS) is 18.0. The Hall–Kier alpha value is -0.710. The van der Waals surface area contributed by atoms with Crippen LogP contribution in [0.2, 0.25) is 0 Å². The molecule has 1 aliphatic rings. The van der Waals surface area contributed by atoms with Crippen LogP contribution >= 0.6 is 11.8 Å². The van der Waals surface area contributed by atoms with Crippen LogP contribution in [0.3, 0.4) is 0 Å². The minimum absolute atomic E-state index is 0.0371. The molecular formula is C15H27NO3S. The molecule has 0 aliphatic heterocycles. The minimum atomic E-state index is -0.821. The number of thioether (sulfide) groups is 1. The summed E-state index contributed by atoms with van der Waals surface area (Å²) in [6.45, 7) is 6.50. The van der Waals surface area contributed by atoms with Crippen molar-refractivity contribution in [1.82, 2.24) is 4.90 Å². The summed E-state index contributed by atoms with van der Waals surface area (Å²) in [5.41, 5.74) is 0. The second-order valence-electron chi connectivity index (χ2n) is 5.79. The van der Waals surface area contributed by atoms with E-state index in [1.807, 2.05) is 25.7 Å². The van der Waals surface area contributed by atoms with E-state index in [-0.39, 0.29) is 17.6 Å². The monoisotopic (exact) mass is 301 g/mol. The summed E-state index contributed by atoms with van der Waals surface area (Å²) in [6.07, 6.45) is 5.86. The standard InChI is InChI=1S/C15H27NO3S/c1-4-16(12-8-6-5-7-9-12)13(17)10-20-14(11(2)3)15(18)19/h11-12,14H,4-10H2,1-3H3,(H,18,19). The fourth-order valence-electron chi connectivity index (χ4n) is 2.82. The summed E-state index contributed by atoms with van der Waals surface area (Å²) >= 11 is 1.26. The van der Waals surface area contributed by atoms with Gasteiger partial charge in [-0.25, -0.2) is 0 Å². The Morgan fingerprint density at radius 2 is 1.85 bits per heavy atom. The van der Waals surface area contributed by atoms with E-state index < -0.39 is 11.2 Å². The lowest BCUT2D eigenvalue weighted by Gasteiger charge is -2.34. The van der Waals surface area contributed by atoms with Crippen molar-refractivity contribution in [2.75, 3.05) is 12.3 Å². The topological polar surface area (TPSA) is 57.6 Å². The van der Waals surface area contributed by atoms with Crippen LogP contribution < -0.4 is 0 Å². The first-order valence-corrected chi connectivity index (χ1v) is 8.66. The first-order chi connectivity index (χ1) is 9.47. The van der Waals surface area contributed by atoms with Gasteiger partial charge in [0.1, 0.15) is 5.25 Å². The van der Waals surface area contributed by atoms with Gasteiger partial charge < -0.3 is 10.0 Å². The number of rotatable bonds is 7. The number of amides is 1. The van der Waals surface area contributed by atoms with Crippen LogP contribution in [-0.2, 0) is 9.59 Å². The van der Waals surface area contributed by atoms with Gasteiger partial charge in [0.25, 0.3) is 0 Å². The van der Waals surface area contributed by atoms with E-state index >= 15 is 0 Å². The van der Waals surface area contributed by atoms with Gasteiger partial charge in [0.2, 0.25) is 5.91 Å². The molecule has 1 unspecified atom stereocenters. The summed E-state index contributed by atoms with van der Waals surface area (Å²) in [4.78, 5) is 25.4. The molecule has 1 saturated carbocycles. The third-order valence-electron chi connectivity index (χ3n) is 3.91. The number of carbonyl (C=O) groups is 2. The van der Waals surface area contributed by atoms with Gasteiger partial charge in [0, 0.05) is 12.6 Å². The lowest BCUT2D eigenvalue weighted by molar-refractivity contribution is -0.137. The molecule has 0 spiro atoms. The molecule has 1 aliphatic carbocycles. The van der Waals surface area contributed by atoms with Gasteiger partial charge in [-0.1, -0.05) is 33.1 Å². The molecule has 5 heteroatoms. The van der Waals surface area contributed by atoms with Crippen molar-refractivity contribution in [3.05, 3.63) is 0 Å². The molecule has 1 atom stereocenters. The Kier molecular flexibility index (Phi) is 7.41. The Morgan fingerprint density at radius 1 is 1.25 bits per heavy atom. The van der Waals surface area contributed by atoms with E-state index in [1.54, 1.807) is 0 Å². The number of nitrogens with zero attached hydrogens (tertiary/aromatic N) is 1. The van der Waals surface area contributed by atoms with Crippen LogP contribution in [0.15, 0.2) is 0 Å². The zero-order chi connectivity index (χ0) is 15.1. The Balaban J connectivity index is 2.52. The molecule has 20 heavy (non-hydrogen) atoms. The average molecular weight is 301 g/mol. The lowest BCUT2D eigenvalue weighted by atomic mass is 9.94. The maximum atomic E-state index is 12.3. The van der Waals surface area contributed by atoms with Crippen molar-refractivity contribution < 1.29 is 14.7 Å². The first-order valence-electron chi connectivity index (χ1n) is 7.61. The second-order valence-corrected chi connectivity index (χ2v) is 6.92. The van der Waals surface area contributed by atoms with Crippen molar-refractivity contribution in [3.8, 4) is 0 Å².